The van der Waals surface area contributed by atoms with Gasteiger partial charge in [-0.1, -0.05) is 0 Å². The van der Waals surface area contributed by atoms with E-state index in [1.807, 2.05) is 0 Å². The predicted octanol–water partition coefficient (Wildman–Crippen LogP) is -2.54. The maximum atomic E-state index is 2.50. The van der Waals surface area contributed by atoms with Crippen molar-refractivity contribution >= 4 is 8.07 Å². The smallest absolute Gasteiger partial charge is 1.00 e. The fraction of sp³-hybridized carbons (Fsp3) is 0.304. The van der Waals surface area contributed by atoms with E-state index >= 15 is 0 Å². The Bertz CT molecular complexity index is 821. The summed E-state index contributed by atoms with van der Waals surface area (Å²) in [4.78, 5) is 0. The maximum absolute atomic E-state index is 2.50. The molecule has 148 valence electrons. The molecule has 2 aromatic carbocycles. The van der Waals surface area contributed by atoms with Crippen molar-refractivity contribution < 1.29 is 57.7 Å². The van der Waals surface area contributed by atoms with Crippen LogP contribution < -0.4 is 37.2 Å². The van der Waals surface area contributed by atoms with Gasteiger partial charge in [0.2, 0.25) is 0 Å². The molecule has 28 heavy (non-hydrogen) atoms. The van der Waals surface area contributed by atoms with E-state index in [0.717, 1.165) is 6.42 Å². The molecular formula is C23H27Cl3SiTi. The van der Waals surface area contributed by atoms with Gasteiger partial charge in [0.25, 0.3) is 0 Å². The first-order valence-electron chi connectivity index (χ1n) is 9.06. The quantitative estimate of drug-likeness (QED) is 0.419. The molecule has 0 heterocycles. The Morgan fingerprint density at radius 3 is 1.64 bits per heavy atom. The molecule has 3 rings (SSSR count). The van der Waals surface area contributed by atoms with Gasteiger partial charge in [0.1, 0.15) is 0 Å². The first-order chi connectivity index (χ1) is 11.8. The zero-order valence-corrected chi connectivity index (χ0v) is 21.9. The summed E-state index contributed by atoms with van der Waals surface area (Å²) in [5.74, 6) is 0.341. The minimum Gasteiger partial charge on any atom is -1.00 e. The molecule has 1 aliphatic rings. The predicted molar refractivity (Wildman–Crippen MR) is 107 cm³/mol. The first-order valence-corrected chi connectivity index (χ1v) is 13.3. The fourth-order valence-corrected chi connectivity index (χ4v) is 7.69. The number of hydrogen-bond acceptors (Lipinski definition) is 0. The van der Waals surface area contributed by atoms with Gasteiger partial charge in [-0.05, 0) is 0 Å². The topological polar surface area (TPSA) is 0 Å². The Morgan fingerprint density at radius 1 is 0.821 bits per heavy atom. The van der Waals surface area contributed by atoms with Gasteiger partial charge in [0.05, 0.1) is 0 Å². The number of halogens is 3. The van der Waals surface area contributed by atoms with E-state index in [9.17, 15) is 0 Å². The monoisotopic (exact) mass is 484 g/mol. The third-order valence-corrected chi connectivity index (χ3v) is 8.66. The van der Waals surface area contributed by atoms with Gasteiger partial charge in [-0.15, -0.1) is 0 Å². The summed E-state index contributed by atoms with van der Waals surface area (Å²) in [6.07, 6.45) is 3.64. The normalized spacial score (nSPS) is 13.5. The fourth-order valence-electron chi connectivity index (χ4n) is 3.78. The van der Waals surface area contributed by atoms with Crippen molar-refractivity contribution in [2.75, 3.05) is 0 Å². The summed E-state index contributed by atoms with van der Waals surface area (Å²) in [5.41, 5.74) is 7.01. The summed E-state index contributed by atoms with van der Waals surface area (Å²) < 4.78 is 1.55. The minimum absolute atomic E-state index is 0. The van der Waals surface area contributed by atoms with Crippen LogP contribution in [-0.4, -0.2) is 8.07 Å². The van der Waals surface area contributed by atoms with Gasteiger partial charge < -0.3 is 37.2 Å². The van der Waals surface area contributed by atoms with Crippen LogP contribution in [0.4, 0.5) is 0 Å². The van der Waals surface area contributed by atoms with Crippen LogP contribution in [0.15, 0.2) is 69.3 Å². The molecule has 5 heteroatoms. The second-order valence-corrected chi connectivity index (χ2v) is 14.1. The van der Waals surface area contributed by atoms with Gasteiger partial charge >= 0.3 is 166 Å². The molecule has 0 aliphatic heterocycles. The van der Waals surface area contributed by atoms with E-state index in [1.165, 1.54) is 27.8 Å². The Morgan fingerprint density at radius 2 is 1.29 bits per heavy atom. The van der Waals surface area contributed by atoms with Crippen LogP contribution in [0.5, 0.6) is 0 Å². The summed E-state index contributed by atoms with van der Waals surface area (Å²) in [6.45, 7) is 11.8. The number of allylic oxidation sites excluding steroid dienone is 4. The summed E-state index contributed by atoms with van der Waals surface area (Å²) in [5, 5.41) is 1.72. The zero-order chi connectivity index (χ0) is 18.2. The minimum atomic E-state index is -1.27. The summed E-state index contributed by atoms with van der Waals surface area (Å²) in [7, 11) is -1.27. The van der Waals surface area contributed by atoms with E-state index in [1.54, 1.807) is 9.07 Å². The number of rotatable bonds is 4. The summed E-state index contributed by atoms with van der Waals surface area (Å²) >= 11 is 2.35. The molecule has 0 amide bonds. The standard InChI is InChI=1S/C23H27Si.3ClH.Ti/c1-17-8-6-10-19(14-17)23(20-11-7-9-18(2)15-20)21-12-13-22(16-21)24(3,4)5;;;;/h6-12,14-15,23H,13H2,1-5H3;3*1H;/q;;;;+3/p-3. The Kier molecular flexibility index (Phi) is 11.1. The molecule has 0 nitrogen and oxygen atoms in total. The van der Waals surface area contributed by atoms with E-state index in [0.29, 0.717) is 5.92 Å². The number of benzene rings is 2. The van der Waals surface area contributed by atoms with Crippen molar-refractivity contribution in [3.63, 3.8) is 0 Å². The van der Waals surface area contributed by atoms with Gasteiger partial charge in [-0.3, -0.25) is 0 Å². The third kappa shape index (κ3) is 6.11. The number of aryl methyl sites for hydroxylation is 2. The molecule has 0 atom stereocenters. The third-order valence-electron chi connectivity index (χ3n) is 5.08. The van der Waals surface area contributed by atoms with Gasteiger partial charge in [0, 0.05) is 0 Å². The molecule has 0 N–H and O–H groups in total. The van der Waals surface area contributed by atoms with Crippen LogP contribution >= 0.6 is 0 Å². The molecule has 0 bridgehead atoms. The van der Waals surface area contributed by atoms with Crippen LogP contribution in [0, 0.1) is 13.8 Å². The van der Waals surface area contributed by atoms with Crippen molar-refractivity contribution in [3.8, 4) is 0 Å². The molecule has 0 spiro atoms. The number of hydrogen-bond donors (Lipinski definition) is 0. The van der Waals surface area contributed by atoms with E-state index in [4.69, 9.17) is 0 Å². The van der Waals surface area contributed by atoms with Gasteiger partial charge in [0.15, 0.2) is 0 Å². The van der Waals surface area contributed by atoms with Crippen LogP contribution in [0.25, 0.3) is 0 Å². The van der Waals surface area contributed by atoms with Gasteiger partial charge in [-0.2, -0.15) is 0 Å². The molecule has 0 unspecified atom stereocenters. The average molecular weight is 486 g/mol. The SMILES string of the molecule is Cc1cccc(C(C2=CCC([Si](C)(C)C)=[C]2[Ti+3])c2cccc(C)c2)c1.[Cl-].[Cl-].[Cl-]. The molecule has 1 aliphatic carbocycles. The first kappa shape index (κ1) is 27.7. The largest absolute Gasteiger partial charge is 1.00 e. The van der Waals surface area contributed by atoms with Crippen LogP contribution in [0.1, 0.15) is 34.6 Å². The van der Waals surface area contributed by atoms with Crippen LogP contribution in [0.3, 0.4) is 0 Å². The van der Waals surface area contributed by atoms with Crippen molar-refractivity contribution in [2.45, 2.75) is 45.8 Å². The van der Waals surface area contributed by atoms with Crippen molar-refractivity contribution in [2.24, 2.45) is 0 Å². The summed E-state index contributed by atoms with van der Waals surface area (Å²) in [6, 6.07) is 18.1. The molecule has 0 radical (unpaired) electrons. The van der Waals surface area contributed by atoms with Crippen LogP contribution in [-0.2, 0) is 20.4 Å². The zero-order valence-electron chi connectivity index (χ0n) is 17.1. The van der Waals surface area contributed by atoms with Crippen molar-refractivity contribution in [1.29, 1.82) is 0 Å². The molecule has 2 aromatic rings. The van der Waals surface area contributed by atoms with Crippen molar-refractivity contribution in [1.82, 2.24) is 0 Å². The Balaban J connectivity index is 0.00000243. The van der Waals surface area contributed by atoms with Crippen LogP contribution in [0.2, 0.25) is 19.6 Å². The van der Waals surface area contributed by atoms with E-state index in [-0.39, 0.29) is 37.2 Å². The van der Waals surface area contributed by atoms with E-state index < -0.39 is 8.07 Å². The van der Waals surface area contributed by atoms with E-state index in [2.05, 4.69) is 109 Å². The van der Waals surface area contributed by atoms with Gasteiger partial charge in [-0.25, -0.2) is 0 Å². The Hall–Kier alpha value is -0.279. The van der Waals surface area contributed by atoms with Crippen molar-refractivity contribution in [3.05, 3.63) is 91.5 Å². The molecule has 0 saturated carbocycles. The second kappa shape index (κ2) is 11.2. The average Bonchev–Trinajstić information content (AvgIpc) is 2.90. The molecular weight excluding hydrogens is 459 g/mol. The second-order valence-electron chi connectivity index (χ2n) is 8.23. The Labute approximate surface area is 201 Å². The molecule has 0 fully saturated rings. The molecule has 0 saturated heterocycles. The molecule has 0 aromatic heterocycles. The maximum Gasteiger partial charge on any atom is -1.00 e.